The number of fused-ring (bicyclic) bond motifs is 2. The molecule has 0 N–H and O–H groups in total. The number of carbonyl (C=O) groups is 2. The first kappa shape index (κ1) is 22.9. The zero-order chi connectivity index (χ0) is 25.7. The maximum absolute atomic E-state index is 13.6. The van der Waals surface area contributed by atoms with Crippen molar-refractivity contribution < 1.29 is 37.7 Å². The molecule has 8 nitrogen and oxygen atoms in total. The highest BCUT2D eigenvalue weighted by Gasteiger charge is 2.43. The Morgan fingerprint density at radius 2 is 1.68 bits per heavy atom. The summed E-state index contributed by atoms with van der Waals surface area (Å²) in [6.07, 6.45) is 0.674. The minimum atomic E-state index is -0.553. The molecule has 3 aromatic carbocycles. The van der Waals surface area contributed by atoms with Gasteiger partial charge in [0.25, 0.3) is 0 Å². The zero-order valence-corrected chi connectivity index (χ0v) is 20.1. The van der Waals surface area contributed by atoms with Crippen molar-refractivity contribution in [3.8, 4) is 23.0 Å². The molecule has 0 amide bonds. The van der Waals surface area contributed by atoms with Crippen LogP contribution in [0.25, 0.3) is 0 Å². The molecule has 0 aliphatic carbocycles. The number of nitrogens with zero attached hydrogens (tertiary/aromatic N) is 1. The van der Waals surface area contributed by atoms with Crippen LogP contribution < -0.4 is 23.8 Å². The maximum atomic E-state index is 13.6. The molecule has 0 spiro atoms. The lowest BCUT2D eigenvalue weighted by molar-refractivity contribution is -0.136. The Bertz CT molecular complexity index is 1440. The van der Waals surface area contributed by atoms with E-state index in [-0.39, 0.29) is 24.8 Å². The summed E-state index contributed by atoms with van der Waals surface area (Å²) in [4.78, 5) is 26.9. The van der Waals surface area contributed by atoms with Crippen LogP contribution in [0.4, 0.5) is 10.1 Å². The number of anilines is 1. The molecule has 3 aliphatic heterocycles. The van der Waals surface area contributed by atoms with Gasteiger partial charge in [0.2, 0.25) is 6.79 Å². The predicted octanol–water partition coefficient (Wildman–Crippen LogP) is 4.35. The van der Waals surface area contributed by atoms with Gasteiger partial charge in [-0.3, -0.25) is 4.79 Å². The first-order valence-electron chi connectivity index (χ1n) is 11.6. The standard InChI is InChI=1S/C28H22FNO7/c1-33-22-7-16(8-23(34-2)19(22)12-31)26-18-9-24-25(37-14-36-24)10-20(18)30(21-13-35-28(32)27(21)26)11-15-3-5-17(29)6-4-15/h3-10,12,26H,11,13-14H2,1-2H3. The van der Waals surface area contributed by atoms with Crippen molar-refractivity contribution in [2.75, 3.05) is 32.5 Å². The smallest absolute Gasteiger partial charge is 0.337 e. The molecule has 0 radical (unpaired) electrons. The maximum Gasteiger partial charge on any atom is 0.337 e. The third-order valence-corrected chi connectivity index (χ3v) is 6.88. The van der Waals surface area contributed by atoms with Crippen LogP contribution in [0.3, 0.4) is 0 Å². The molecule has 1 unspecified atom stereocenters. The largest absolute Gasteiger partial charge is 0.496 e. The third kappa shape index (κ3) is 3.66. The van der Waals surface area contributed by atoms with Crippen molar-refractivity contribution in [1.82, 2.24) is 0 Å². The number of ether oxygens (including phenoxy) is 5. The molecule has 3 aromatic rings. The molecule has 6 rings (SSSR count). The molecule has 0 fully saturated rings. The number of halogens is 1. The van der Waals surface area contributed by atoms with Gasteiger partial charge >= 0.3 is 5.97 Å². The predicted molar refractivity (Wildman–Crippen MR) is 130 cm³/mol. The lowest BCUT2D eigenvalue weighted by atomic mass is 9.79. The van der Waals surface area contributed by atoms with Gasteiger partial charge < -0.3 is 28.6 Å². The van der Waals surface area contributed by atoms with Gasteiger partial charge in [0.1, 0.15) is 23.9 Å². The molecule has 188 valence electrons. The van der Waals surface area contributed by atoms with Crippen LogP contribution in [-0.2, 0) is 16.1 Å². The Hall–Kier alpha value is -4.53. The van der Waals surface area contributed by atoms with E-state index < -0.39 is 11.9 Å². The fraction of sp³-hybridized carbons (Fsp3) is 0.214. The van der Waals surface area contributed by atoms with Crippen LogP contribution in [0, 0.1) is 5.82 Å². The number of aldehydes is 1. The number of benzene rings is 3. The normalized spacial score (nSPS) is 17.3. The SMILES string of the molecule is COc1cc(C2C3=C(COC3=O)N(Cc3ccc(F)cc3)c3cc4c(cc32)OCO4)cc(OC)c1C=O. The van der Waals surface area contributed by atoms with Gasteiger partial charge in [0.05, 0.1) is 31.1 Å². The average molecular weight is 503 g/mol. The second kappa shape index (κ2) is 8.85. The first-order valence-corrected chi connectivity index (χ1v) is 11.6. The Morgan fingerprint density at radius 1 is 1.00 bits per heavy atom. The van der Waals surface area contributed by atoms with E-state index in [1.54, 1.807) is 24.3 Å². The molecular formula is C28H22FNO7. The van der Waals surface area contributed by atoms with Gasteiger partial charge in [-0.25, -0.2) is 9.18 Å². The second-order valence-electron chi connectivity index (χ2n) is 8.80. The number of cyclic esters (lactones) is 1. The summed E-state index contributed by atoms with van der Waals surface area (Å²) in [5, 5.41) is 0. The van der Waals surface area contributed by atoms with Crippen molar-refractivity contribution in [2.24, 2.45) is 0 Å². The molecule has 1 atom stereocenters. The topological polar surface area (TPSA) is 83.5 Å². The summed E-state index contributed by atoms with van der Waals surface area (Å²) in [6.45, 7) is 0.554. The molecule has 3 aliphatic rings. The lowest BCUT2D eigenvalue weighted by Gasteiger charge is -2.36. The lowest BCUT2D eigenvalue weighted by Crippen LogP contribution is -2.31. The van der Waals surface area contributed by atoms with Gasteiger partial charge in [0, 0.05) is 24.2 Å². The van der Waals surface area contributed by atoms with Crippen LogP contribution in [0.2, 0.25) is 0 Å². The minimum Gasteiger partial charge on any atom is -0.496 e. The highest BCUT2D eigenvalue weighted by molar-refractivity contribution is 5.98. The zero-order valence-electron chi connectivity index (χ0n) is 20.1. The Balaban J connectivity index is 1.58. The Morgan fingerprint density at radius 3 is 2.32 bits per heavy atom. The minimum absolute atomic E-state index is 0.0838. The molecule has 0 saturated carbocycles. The van der Waals surface area contributed by atoms with Crippen LogP contribution in [0.5, 0.6) is 23.0 Å². The van der Waals surface area contributed by atoms with E-state index in [2.05, 4.69) is 0 Å². The number of esters is 1. The molecule has 0 bridgehead atoms. The van der Waals surface area contributed by atoms with Gasteiger partial charge in [-0.2, -0.15) is 0 Å². The number of methoxy groups -OCH3 is 2. The second-order valence-corrected chi connectivity index (χ2v) is 8.80. The van der Waals surface area contributed by atoms with Crippen LogP contribution >= 0.6 is 0 Å². The van der Waals surface area contributed by atoms with Crippen molar-refractivity contribution in [2.45, 2.75) is 12.5 Å². The Labute approximate surface area is 211 Å². The summed E-state index contributed by atoms with van der Waals surface area (Å²) < 4.78 is 41.4. The summed E-state index contributed by atoms with van der Waals surface area (Å²) in [7, 11) is 2.94. The van der Waals surface area contributed by atoms with Crippen molar-refractivity contribution >= 4 is 17.9 Å². The molecule has 3 heterocycles. The quantitative estimate of drug-likeness (QED) is 0.363. The third-order valence-electron chi connectivity index (χ3n) is 6.88. The molecule has 9 heteroatoms. The number of rotatable bonds is 6. The summed E-state index contributed by atoms with van der Waals surface area (Å²) in [6, 6.07) is 13.4. The fourth-order valence-corrected chi connectivity index (χ4v) is 5.17. The van der Waals surface area contributed by atoms with E-state index in [4.69, 9.17) is 23.7 Å². The van der Waals surface area contributed by atoms with Crippen LogP contribution in [-0.4, -0.2) is 39.9 Å². The van der Waals surface area contributed by atoms with Crippen LogP contribution in [0.1, 0.15) is 33.0 Å². The number of carbonyl (C=O) groups excluding carboxylic acids is 2. The number of hydrogen-bond acceptors (Lipinski definition) is 8. The van der Waals surface area contributed by atoms with Gasteiger partial charge in [-0.15, -0.1) is 0 Å². The average Bonchev–Trinajstić information content (AvgIpc) is 3.54. The van der Waals surface area contributed by atoms with Crippen molar-refractivity contribution in [3.63, 3.8) is 0 Å². The van der Waals surface area contributed by atoms with E-state index in [9.17, 15) is 14.0 Å². The van der Waals surface area contributed by atoms with Gasteiger partial charge in [-0.1, -0.05) is 12.1 Å². The van der Waals surface area contributed by atoms with E-state index in [0.717, 1.165) is 16.8 Å². The summed E-state index contributed by atoms with van der Waals surface area (Å²) in [5.41, 5.74) is 4.57. The van der Waals surface area contributed by atoms with E-state index in [1.165, 1.54) is 26.4 Å². The molecule has 0 saturated heterocycles. The van der Waals surface area contributed by atoms with Gasteiger partial charge in [-0.05, 0) is 47.0 Å². The molecule has 0 aromatic heterocycles. The first-order chi connectivity index (χ1) is 18.0. The highest BCUT2D eigenvalue weighted by atomic mass is 19.1. The van der Waals surface area contributed by atoms with E-state index >= 15 is 0 Å². The fourth-order valence-electron chi connectivity index (χ4n) is 5.17. The highest BCUT2D eigenvalue weighted by Crippen LogP contribution is 2.52. The number of hydrogen-bond donors (Lipinski definition) is 0. The van der Waals surface area contributed by atoms with Gasteiger partial charge in [0.15, 0.2) is 17.8 Å². The molecule has 37 heavy (non-hydrogen) atoms. The molecular weight excluding hydrogens is 481 g/mol. The Kier molecular flexibility index (Phi) is 5.48. The van der Waals surface area contributed by atoms with Crippen LogP contribution in [0.15, 0.2) is 59.8 Å². The monoisotopic (exact) mass is 503 g/mol. The summed E-state index contributed by atoms with van der Waals surface area (Å²) in [5.74, 6) is 0.481. The van der Waals surface area contributed by atoms with E-state index in [0.29, 0.717) is 52.7 Å². The van der Waals surface area contributed by atoms with Crippen molar-refractivity contribution in [1.29, 1.82) is 0 Å². The summed E-state index contributed by atoms with van der Waals surface area (Å²) >= 11 is 0. The van der Waals surface area contributed by atoms with E-state index in [1.807, 2.05) is 17.0 Å². The van der Waals surface area contributed by atoms with Crippen molar-refractivity contribution in [3.05, 3.63) is 87.9 Å².